The summed E-state index contributed by atoms with van der Waals surface area (Å²) in [5.41, 5.74) is 0.616. The highest BCUT2D eigenvalue weighted by Crippen LogP contribution is 2.11. The molecule has 1 aromatic rings. The number of nitrogens with zero attached hydrogens (tertiary/aromatic N) is 2. The summed E-state index contributed by atoms with van der Waals surface area (Å²) in [6.45, 7) is 5.12. The van der Waals surface area contributed by atoms with E-state index in [0.29, 0.717) is 11.6 Å². The Morgan fingerprint density at radius 3 is 2.50 bits per heavy atom. The van der Waals surface area contributed by atoms with Crippen LogP contribution in [-0.4, -0.2) is 40.2 Å². The summed E-state index contributed by atoms with van der Waals surface area (Å²) in [7, 11) is 1.45. The van der Waals surface area contributed by atoms with Gasteiger partial charge in [0.25, 0.3) is 0 Å². The van der Waals surface area contributed by atoms with E-state index in [1.54, 1.807) is 26.8 Å². The zero-order valence-electron chi connectivity index (χ0n) is 11.8. The summed E-state index contributed by atoms with van der Waals surface area (Å²) in [4.78, 5) is 30.7. The molecule has 0 aromatic carbocycles. The number of rotatable bonds is 5. The molecule has 20 heavy (non-hydrogen) atoms. The fraction of sp³-hybridized carbons (Fsp3) is 0.500. The third kappa shape index (κ3) is 4.38. The summed E-state index contributed by atoms with van der Waals surface area (Å²) in [6.07, 6.45) is 0. The minimum atomic E-state index is -1.10. The van der Waals surface area contributed by atoms with Gasteiger partial charge in [0.15, 0.2) is 0 Å². The second-order valence-corrected chi connectivity index (χ2v) is 4.53. The molecule has 0 aliphatic rings. The van der Waals surface area contributed by atoms with E-state index in [-0.39, 0.29) is 11.9 Å². The van der Waals surface area contributed by atoms with Gasteiger partial charge in [-0.05, 0) is 12.8 Å². The maximum atomic E-state index is 11.7. The largest absolute Gasteiger partial charge is 0.481 e. The number of hydrogen-bond acceptors (Lipinski definition) is 5. The number of carbonyl (C=O) groups excluding carboxylic acids is 1. The van der Waals surface area contributed by atoms with Crippen molar-refractivity contribution in [2.75, 3.05) is 12.4 Å². The van der Waals surface area contributed by atoms with Crippen molar-refractivity contribution in [2.24, 2.45) is 5.92 Å². The highest BCUT2D eigenvalue weighted by atomic mass is 16.5. The van der Waals surface area contributed by atoms with Crippen LogP contribution >= 0.6 is 0 Å². The Morgan fingerprint density at radius 2 is 2.00 bits per heavy atom. The number of aryl methyl sites for hydroxylation is 1. The molecule has 0 saturated heterocycles. The number of urea groups is 1. The van der Waals surface area contributed by atoms with Gasteiger partial charge in [-0.25, -0.2) is 14.6 Å². The van der Waals surface area contributed by atoms with Crippen LogP contribution in [-0.2, 0) is 4.79 Å². The molecule has 3 N–H and O–H groups in total. The number of amides is 2. The maximum absolute atomic E-state index is 11.7. The van der Waals surface area contributed by atoms with Crippen LogP contribution in [0.1, 0.15) is 19.5 Å². The lowest BCUT2D eigenvalue weighted by Gasteiger charge is -2.17. The number of anilines is 1. The van der Waals surface area contributed by atoms with Crippen LogP contribution in [0.4, 0.5) is 10.7 Å². The molecule has 1 rings (SSSR count). The first-order valence-electron chi connectivity index (χ1n) is 6.03. The van der Waals surface area contributed by atoms with Crippen LogP contribution in [0.25, 0.3) is 0 Å². The summed E-state index contributed by atoms with van der Waals surface area (Å²) < 4.78 is 4.96. The minimum Gasteiger partial charge on any atom is -0.481 e. The van der Waals surface area contributed by atoms with Crippen molar-refractivity contribution in [1.82, 2.24) is 15.3 Å². The molecule has 1 aromatic heterocycles. The highest BCUT2D eigenvalue weighted by Gasteiger charge is 2.23. The Balaban J connectivity index is 2.75. The third-order valence-corrected chi connectivity index (χ3v) is 2.48. The van der Waals surface area contributed by atoms with Gasteiger partial charge in [0.1, 0.15) is 6.04 Å². The van der Waals surface area contributed by atoms with Gasteiger partial charge < -0.3 is 15.2 Å². The molecule has 1 atom stereocenters. The van der Waals surface area contributed by atoms with Crippen molar-refractivity contribution >= 4 is 17.9 Å². The molecule has 8 nitrogen and oxygen atoms in total. The van der Waals surface area contributed by atoms with Gasteiger partial charge in [-0.1, -0.05) is 13.8 Å². The number of ether oxygens (including phenoxy) is 1. The number of carboxylic acids is 1. The van der Waals surface area contributed by atoms with Gasteiger partial charge in [0, 0.05) is 11.8 Å². The predicted molar refractivity (Wildman–Crippen MR) is 71.7 cm³/mol. The van der Waals surface area contributed by atoms with Gasteiger partial charge in [-0.3, -0.25) is 5.32 Å². The van der Waals surface area contributed by atoms with E-state index in [4.69, 9.17) is 9.84 Å². The first-order valence-corrected chi connectivity index (χ1v) is 6.03. The van der Waals surface area contributed by atoms with Crippen molar-refractivity contribution in [3.63, 3.8) is 0 Å². The standard InChI is InChI=1S/C12H18N4O4/c1-6(2)9(10(17)18)15-12(19)16-11-13-7(3)5-8(14-11)20-4/h5-6,9H,1-4H3,(H,17,18)(H2,13,14,15,16,19)/t9-/m1/s1. The van der Waals surface area contributed by atoms with E-state index in [1.165, 1.54) is 7.11 Å². The molecule has 0 aliphatic carbocycles. The molecule has 0 saturated carbocycles. The Labute approximate surface area is 116 Å². The quantitative estimate of drug-likeness (QED) is 0.743. The lowest BCUT2D eigenvalue weighted by Crippen LogP contribution is -2.46. The normalized spacial score (nSPS) is 11.8. The molecule has 8 heteroatoms. The Kier molecular flexibility index (Phi) is 5.24. The van der Waals surface area contributed by atoms with E-state index < -0.39 is 18.0 Å². The van der Waals surface area contributed by atoms with Crippen molar-refractivity contribution in [1.29, 1.82) is 0 Å². The summed E-state index contributed by atoms with van der Waals surface area (Å²) in [6, 6.07) is -0.0579. The second-order valence-electron chi connectivity index (χ2n) is 4.53. The Hall–Kier alpha value is -2.38. The SMILES string of the molecule is COc1cc(C)nc(NC(=O)N[C@@H](C(=O)O)C(C)C)n1. The number of aromatic nitrogens is 2. The second kappa shape index (κ2) is 6.69. The molecule has 0 fully saturated rings. The lowest BCUT2D eigenvalue weighted by molar-refractivity contribution is -0.140. The number of methoxy groups -OCH3 is 1. The molecular formula is C12H18N4O4. The zero-order chi connectivity index (χ0) is 15.3. The van der Waals surface area contributed by atoms with E-state index in [1.807, 2.05) is 0 Å². The zero-order valence-corrected chi connectivity index (χ0v) is 11.8. The molecule has 1 heterocycles. The first kappa shape index (κ1) is 15.7. The van der Waals surface area contributed by atoms with Crippen LogP contribution in [0.5, 0.6) is 5.88 Å². The van der Waals surface area contributed by atoms with Gasteiger partial charge in [-0.15, -0.1) is 0 Å². The molecule has 0 spiro atoms. The number of aliphatic carboxylic acids is 1. The number of carbonyl (C=O) groups is 2. The Morgan fingerprint density at radius 1 is 1.35 bits per heavy atom. The molecule has 0 unspecified atom stereocenters. The van der Waals surface area contributed by atoms with Crippen LogP contribution in [0.15, 0.2) is 6.07 Å². The number of nitrogens with one attached hydrogen (secondary N) is 2. The van der Waals surface area contributed by atoms with Crippen LogP contribution < -0.4 is 15.4 Å². The average molecular weight is 282 g/mol. The highest BCUT2D eigenvalue weighted by molar-refractivity contribution is 5.90. The van der Waals surface area contributed by atoms with Crippen molar-refractivity contribution in [3.05, 3.63) is 11.8 Å². The van der Waals surface area contributed by atoms with Gasteiger partial charge in [0.2, 0.25) is 11.8 Å². The summed E-state index contributed by atoms with van der Waals surface area (Å²) in [5.74, 6) is -0.984. The van der Waals surface area contributed by atoms with Crippen LogP contribution in [0.3, 0.4) is 0 Å². The molecule has 0 bridgehead atoms. The smallest absolute Gasteiger partial charge is 0.326 e. The monoisotopic (exact) mass is 282 g/mol. The summed E-state index contributed by atoms with van der Waals surface area (Å²) in [5, 5.41) is 13.7. The van der Waals surface area contributed by atoms with Gasteiger partial charge in [-0.2, -0.15) is 4.98 Å². The van der Waals surface area contributed by atoms with Crippen LogP contribution in [0, 0.1) is 12.8 Å². The van der Waals surface area contributed by atoms with E-state index >= 15 is 0 Å². The predicted octanol–water partition coefficient (Wildman–Crippen LogP) is 1.02. The minimum absolute atomic E-state index is 0.0484. The third-order valence-electron chi connectivity index (χ3n) is 2.48. The first-order chi connectivity index (χ1) is 9.33. The molecule has 0 radical (unpaired) electrons. The molecular weight excluding hydrogens is 264 g/mol. The summed E-state index contributed by atoms with van der Waals surface area (Å²) >= 11 is 0. The fourth-order valence-corrected chi connectivity index (χ4v) is 1.49. The number of hydrogen-bond donors (Lipinski definition) is 3. The fourth-order valence-electron chi connectivity index (χ4n) is 1.49. The van der Waals surface area contributed by atoms with Gasteiger partial charge >= 0.3 is 12.0 Å². The van der Waals surface area contributed by atoms with Crippen molar-refractivity contribution in [3.8, 4) is 5.88 Å². The van der Waals surface area contributed by atoms with Gasteiger partial charge in [0.05, 0.1) is 7.11 Å². The lowest BCUT2D eigenvalue weighted by atomic mass is 10.1. The van der Waals surface area contributed by atoms with Crippen LogP contribution in [0.2, 0.25) is 0 Å². The molecule has 0 aliphatic heterocycles. The van der Waals surface area contributed by atoms with E-state index in [2.05, 4.69) is 20.6 Å². The van der Waals surface area contributed by atoms with Crippen molar-refractivity contribution < 1.29 is 19.4 Å². The van der Waals surface area contributed by atoms with Crippen molar-refractivity contribution in [2.45, 2.75) is 26.8 Å². The molecule has 2 amide bonds. The van der Waals surface area contributed by atoms with E-state index in [0.717, 1.165) is 0 Å². The Bertz CT molecular complexity index is 504. The average Bonchev–Trinajstić information content (AvgIpc) is 2.34. The number of carboxylic acid groups (broad SMARTS) is 1. The van der Waals surface area contributed by atoms with E-state index in [9.17, 15) is 9.59 Å². The molecule has 110 valence electrons. The maximum Gasteiger partial charge on any atom is 0.326 e. The topological polar surface area (TPSA) is 113 Å².